The van der Waals surface area contributed by atoms with Gasteiger partial charge in [0.2, 0.25) is 0 Å². The molecule has 0 aromatic rings. The van der Waals surface area contributed by atoms with Gasteiger partial charge >= 0.3 is 17.9 Å². The van der Waals surface area contributed by atoms with Crippen molar-refractivity contribution in [3.63, 3.8) is 0 Å². The first kappa shape index (κ1) is 15.2. The largest absolute Gasteiger partial charge is 0.481 e. The van der Waals surface area contributed by atoms with Crippen molar-refractivity contribution in [3.8, 4) is 0 Å². The number of allylic oxidation sites excluding steroid dienone is 1. The molecule has 0 aliphatic heterocycles. The molecule has 6 heteroatoms. The van der Waals surface area contributed by atoms with Crippen molar-refractivity contribution in [1.29, 1.82) is 0 Å². The summed E-state index contributed by atoms with van der Waals surface area (Å²) in [4.78, 5) is 33.6. The average Bonchev–Trinajstić information content (AvgIpc) is 2.80. The van der Waals surface area contributed by atoms with Crippen molar-refractivity contribution in [2.24, 2.45) is 5.92 Å². The number of rotatable bonds is 6. The number of carboxylic acid groups (broad SMARTS) is 2. The zero-order chi connectivity index (χ0) is 14.4. The van der Waals surface area contributed by atoms with Crippen LogP contribution >= 0.6 is 0 Å². The third kappa shape index (κ3) is 4.39. The predicted molar refractivity (Wildman–Crippen MR) is 65.5 cm³/mol. The number of ether oxygens (including phenoxy) is 1. The Morgan fingerprint density at radius 2 is 1.84 bits per heavy atom. The van der Waals surface area contributed by atoms with Gasteiger partial charge in [0.25, 0.3) is 0 Å². The van der Waals surface area contributed by atoms with Crippen molar-refractivity contribution in [1.82, 2.24) is 0 Å². The van der Waals surface area contributed by atoms with Crippen LogP contribution in [0.5, 0.6) is 0 Å². The summed E-state index contributed by atoms with van der Waals surface area (Å²) in [7, 11) is 0. The summed E-state index contributed by atoms with van der Waals surface area (Å²) in [5.41, 5.74) is -0.295. The minimum atomic E-state index is -1.36. The number of carbonyl (C=O) groups excluding carboxylic acids is 1. The Hall–Kier alpha value is -1.85. The molecule has 1 unspecified atom stereocenters. The molecule has 1 rings (SSSR count). The van der Waals surface area contributed by atoms with Gasteiger partial charge in [-0.15, -0.1) is 0 Å². The quantitative estimate of drug-likeness (QED) is 0.561. The molecule has 106 valence electrons. The molecule has 6 nitrogen and oxygen atoms in total. The van der Waals surface area contributed by atoms with Gasteiger partial charge in [-0.25, -0.2) is 4.79 Å². The van der Waals surface area contributed by atoms with E-state index >= 15 is 0 Å². The van der Waals surface area contributed by atoms with Crippen LogP contribution in [-0.4, -0.2) is 34.2 Å². The van der Waals surface area contributed by atoms with Crippen LogP contribution in [0.4, 0.5) is 0 Å². The second-order valence-electron chi connectivity index (χ2n) is 4.54. The highest BCUT2D eigenvalue weighted by atomic mass is 16.5. The van der Waals surface area contributed by atoms with E-state index in [0.717, 1.165) is 25.7 Å². The van der Waals surface area contributed by atoms with Crippen LogP contribution in [0.15, 0.2) is 11.6 Å². The Balaban J connectivity index is 2.65. The van der Waals surface area contributed by atoms with Crippen LogP contribution in [0.1, 0.15) is 39.0 Å². The molecule has 2 N–H and O–H groups in total. The molecule has 0 aromatic heterocycles. The second-order valence-corrected chi connectivity index (χ2v) is 4.54. The Morgan fingerprint density at radius 1 is 1.26 bits per heavy atom. The number of carbonyl (C=O) groups is 3. The van der Waals surface area contributed by atoms with E-state index < -0.39 is 30.2 Å². The lowest BCUT2D eigenvalue weighted by Gasteiger charge is -2.15. The first-order valence-electron chi connectivity index (χ1n) is 6.27. The van der Waals surface area contributed by atoms with Crippen LogP contribution in [0.3, 0.4) is 0 Å². The maximum atomic E-state index is 11.7. The van der Waals surface area contributed by atoms with Gasteiger partial charge in [-0.2, -0.15) is 0 Å². The first-order valence-corrected chi connectivity index (χ1v) is 6.27. The van der Waals surface area contributed by atoms with E-state index in [1.54, 1.807) is 0 Å². The molecule has 1 aliphatic rings. The van der Waals surface area contributed by atoms with Crippen molar-refractivity contribution in [2.45, 2.75) is 45.1 Å². The van der Waals surface area contributed by atoms with E-state index in [2.05, 4.69) is 0 Å². The molecule has 0 aromatic carbocycles. The number of hydrogen-bond donors (Lipinski definition) is 2. The molecule has 19 heavy (non-hydrogen) atoms. The molecule has 1 atom stereocenters. The summed E-state index contributed by atoms with van der Waals surface area (Å²) in [5.74, 6) is -4.68. The van der Waals surface area contributed by atoms with Crippen LogP contribution in [0.2, 0.25) is 0 Å². The highest BCUT2D eigenvalue weighted by Crippen LogP contribution is 2.23. The van der Waals surface area contributed by atoms with Gasteiger partial charge in [0.05, 0.1) is 12.3 Å². The zero-order valence-corrected chi connectivity index (χ0v) is 10.8. The molecule has 0 radical (unpaired) electrons. The van der Waals surface area contributed by atoms with Crippen molar-refractivity contribution >= 4 is 17.9 Å². The lowest BCUT2D eigenvalue weighted by molar-refractivity contribution is -0.154. The molecule has 0 spiro atoms. The molecule has 0 amide bonds. The fourth-order valence-electron chi connectivity index (χ4n) is 2.21. The topological polar surface area (TPSA) is 101 Å². The van der Waals surface area contributed by atoms with E-state index in [1.807, 2.05) is 0 Å². The smallest absolute Gasteiger partial charge is 0.332 e. The monoisotopic (exact) mass is 270 g/mol. The normalized spacial score (nSPS) is 18.1. The SMILES string of the molecule is CC=C(C(=O)O)C(CC(=O)OC1CCCC1)C(=O)O. The predicted octanol–water partition coefficient (Wildman–Crippen LogP) is 1.59. The van der Waals surface area contributed by atoms with Gasteiger partial charge in [-0.1, -0.05) is 6.08 Å². The van der Waals surface area contributed by atoms with Crippen molar-refractivity contribution in [3.05, 3.63) is 11.6 Å². The molecule has 0 saturated heterocycles. The molecule has 1 saturated carbocycles. The highest BCUT2D eigenvalue weighted by Gasteiger charge is 2.31. The average molecular weight is 270 g/mol. The van der Waals surface area contributed by atoms with Crippen molar-refractivity contribution < 1.29 is 29.3 Å². The van der Waals surface area contributed by atoms with Crippen LogP contribution in [0.25, 0.3) is 0 Å². The van der Waals surface area contributed by atoms with E-state index in [4.69, 9.17) is 14.9 Å². The summed E-state index contributed by atoms with van der Waals surface area (Å²) in [6.45, 7) is 1.43. The Kier molecular flexibility index (Phi) is 5.54. The molecular weight excluding hydrogens is 252 g/mol. The maximum Gasteiger partial charge on any atom is 0.332 e. The fraction of sp³-hybridized carbons (Fsp3) is 0.615. The van der Waals surface area contributed by atoms with Gasteiger partial charge in [-0.3, -0.25) is 9.59 Å². The summed E-state index contributed by atoms with van der Waals surface area (Å²) in [6.07, 6.45) is 4.17. The van der Waals surface area contributed by atoms with Gasteiger partial charge in [-0.05, 0) is 32.6 Å². The second kappa shape index (κ2) is 6.92. The number of aliphatic carboxylic acids is 2. The summed E-state index contributed by atoms with van der Waals surface area (Å²) < 4.78 is 5.14. The summed E-state index contributed by atoms with van der Waals surface area (Å²) in [6, 6.07) is 0. The molecule has 1 fully saturated rings. The Bertz CT molecular complexity index is 392. The summed E-state index contributed by atoms with van der Waals surface area (Å²) >= 11 is 0. The zero-order valence-electron chi connectivity index (χ0n) is 10.8. The van der Waals surface area contributed by atoms with E-state index in [9.17, 15) is 14.4 Å². The number of hydrogen-bond acceptors (Lipinski definition) is 4. The molecule has 0 heterocycles. The molecule has 1 aliphatic carbocycles. The third-order valence-corrected chi connectivity index (χ3v) is 3.20. The maximum absolute atomic E-state index is 11.7. The van der Waals surface area contributed by atoms with Crippen LogP contribution in [-0.2, 0) is 19.1 Å². The lowest BCUT2D eigenvalue weighted by Crippen LogP contribution is -2.26. The first-order chi connectivity index (χ1) is 8.95. The number of esters is 1. The van der Waals surface area contributed by atoms with Crippen LogP contribution in [0, 0.1) is 5.92 Å². The third-order valence-electron chi connectivity index (χ3n) is 3.20. The Morgan fingerprint density at radius 3 is 2.26 bits per heavy atom. The number of carboxylic acids is 2. The lowest BCUT2D eigenvalue weighted by atomic mass is 9.95. The standard InChI is InChI=1S/C13H18O6/c1-2-9(12(15)16)10(13(17)18)7-11(14)19-8-5-3-4-6-8/h2,8,10H,3-7H2,1H3,(H,15,16)(H,17,18). The van der Waals surface area contributed by atoms with Crippen molar-refractivity contribution in [2.75, 3.05) is 0 Å². The Labute approximate surface area is 111 Å². The van der Waals surface area contributed by atoms with Gasteiger partial charge in [0.1, 0.15) is 6.10 Å². The fourth-order valence-corrected chi connectivity index (χ4v) is 2.21. The van der Waals surface area contributed by atoms with Gasteiger partial charge < -0.3 is 14.9 Å². The molecular formula is C13H18O6. The van der Waals surface area contributed by atoms with Crippen LogP contribution < -0.4 is 0 Å². The minimum absolute atomic E-state index is 0.152. The highest BCUT2D eigenvalue weighted by molar-refractivity contribution is 5.95. The molecule has 0 bridgehead atoms. The van der Waals surface area contributed by atoms with E-state index in [1.165, 1.54) is 13.0 Å². The summed E-state index contributed by atoms with van der Waals surface area (Å²) in [5, 5.41) is 17.9. The van der Waals surface area contributed by atoms with E-state index in [-0.39, 0.29) is 11.7 Å². The van der Waals surface area contributed by atoms with E-state index in [0.29, 0.717) is 0 Å². The minimum Gasteiger partial charge on any atom is -0.481 e. The van der Waals surface area contributed by atoms with Gasteiger partial charge in [0, 0.05) is 5.57 Å². The van der Waals surface area contributed by atoms with Gasteiger partial charge in [0.15, 0.2) is 0 Å².